The third-order valence-electron chi connectivity index (χ3n) is 4.14. The molecule has 0 amide bonds. The molecule has 1 aliphatic carbocycles. The van der Waals surface area contributed by atoms with Crippen molar-refractivity contribution in [2.75, 3.05) is 11.9 Å². The molecule has 4 nitrogen and oxygen atoms in total. The third kappa shape index (κ3) is 3.84. The molecule has 0 saturated heterocycles. The molecule has 112 valence electrons. The van der Waals surface area contributed by atoms with Crippen molar-refractivity contribution in [3.05, 3.63) is 11.9 Å². The van der Waals surface area contributed by atoms with Crippen LogP contribution in [0.3, 0.4) is 0 Å². The van der Waals surface area contributed by atoms with Gasteiger partial charge >= 0.3 is 0 Å². The maximum Gasteiger partial charge on any atom is 0.221 e. The first-order valence-corrected chi connectivity index (χ1v) is 7.74. The molecule has 1 fully saturated rings. The quantitative estimate of drug-likeness (QED) is 0.885. The minimum Gasteiger partial charge on any atom is -0.474 e. The fourth-order valence-electron chi connectivity index (χ4n) is 2.62. The second-order valence-electron chi connectivity index (χ2n) is 6.56. The van der Waals surface area contributed by atoms with Crippen molar-refractivity contribution in [2.45, 2.75) is 65.9 Å². The number of nitrogens with one attached hydrogen (secondary N) is 1. The van der Waals surface area contributed by atoms with Crippen LogP contribution < -0.4 is 10.1 Å². The molecule has 4 heteroatoms. The molecular weight excluding hydrogens is 250 g/mol. The van der Waals surface area contributed by atoms with Gasteiger partial charge in [-0.15, -0.1) is 0 Å². The number of aromatic nitrogens is 2. The van der Waals surface area contributed by atoms with Gasteiger partial charge in [-0.3, -0.25) is 0 Å². The van der Waals surface area contributed by atoms with Crippen molar-refractivity contribution in [3.63, 3.8) is 0 Å². The molecule has 1 heterocycles. The summed E-state index contributed by atoms with van der Waals surface area (Å²) in [5.41, 5.74) is 1.49. The van der Waals surface area contributed by atoms with Gasteiger partial charge in [0.05, 0.1) is 5.56 Å². The molecule has 1 aliphatic rings. The van der Waals surface area contributed by atoms with Crippen molar-refractivity contribution >= 4 is 5.82 Å². The molecule has 1 aromatic heterocycles. The Morgan fingerprint density at radius 1 is 1.30 bits per heavy atom. The first-order chi connectivity index (χ1) is 9.52. The average molecular weight is 277 g/mol. The number of hydrogen-bond donors (Lipinski definition) is 1. The Labute approximate surface area is 122 Å². The normalized spacial score (nSPS) is 18.8. The van der Waals surface area contributed by atoms with Gasteiger partial charge in [-0.1, -0.05) is 20.8 Å². The van der Waals surface area contributed by atoms with Crippen molar-refractivity contribution in [1.29, 1.82) is 0 Å². The predicted octanol–water partition coefficient (Wildman–Crippen LogP) is 3.95. The molecule has 0 spiro atoms. The molecule has 0 aliphatic heterocycles. The molecule has 2 rings (SSSR count). The monoisotopic (exact) mass is 277 g/mol. The topological polar surface area (TPSA) is 47.0 Å². The molecule has 0 atom stereocenters. The van der Waals surface area contributed by atoms with E-state index in [1.165, 1.54) is 12.8 Å². The van der Waals surface area contributed by atoms with E-state index in [4.69, 9.17) is 4.74 Å². The highest BCUT2D eigenvalue weighted by Crippen LogP contribution is 2.36. The smallest absolute Gasteiger partial charge is 0.221 e. The maximum absolute atomic E-state index is 6.11. The molecule has 1 saturated carbocycles. The highest BCUT2D eigenvalue weighted by Gasteiger charge is 2.28. The number of hydrogen-bond acceptors (Lipinski definition) is 4. The largest absolute Gasteiger partial charge is 0.474 e. The van der Waals surface area contributed by atoms with Gasteiger partial charge < -0.3 is 10.1 Å². The van der Waals surface area contributed by atoms with Crippen LogP contribution in [0.4, 0.5) is 5.82 Å². The second kappa shape index (κ2) is 6.42. The van der Waals surface area contributed by atoms with Crippen LogP contribution >= 0.6 is 0 Å². The van der Waals surface area contributed by atoms with Crippen LogP contribution in [0.25, 0.3) is 0 Å². The van der Waals surface area contributed by atoms with Crippen LogP contribution in [-0.2, 0) is 0 Å². The van der Waals surface area contributed by atoms with Gasteiger partial charge in [-0.05, 0) is 44.4 Å². The van der Waals surface area contributed by atoms with E-state index in [2.05, 4.69) is 36.1 Å². The Morgan fingerprint density at radius 2 is 2.00 bits per heavy atom. The zero-order chi connectivity index (χ0) is 14.6. The van der Waals surface area contributed by atoms with Crippen LogP contribution in [0.1, 0.15) is 58.4 Å². The van der Waals surface area contributed by atoms with Gasteiger partial charge in [0.2, 0.25) is 5.88 Å². The van der Waals surface area contributed by atoms with Gasteiger partial charge in [-0.25, -0.2) is 9.97 Å². The Morgan fingerprint density at radius 3 is 2.65 bits per heavy atom. The molecule has 0 unspecified atom stereocenters. The van der Waals surface area contributed by atoms with Gasteiger partial charge in [0.1, 0.15) is 18.2 Å². The lowest BCUT2D eigenvalue weighted by molar-refractivity contribution is 0.0942. The summed E-state index contributed by atoms with van der Waals surface area (Å²) in [6.07, 6.45) is 7.66. The first-order valence-electron chi connectivity index (χ1n) is 7.74. The van der Waals surface area contributed by atoms with Crippen LogP contribution in [0.15, 0.2) is 6.33 Å². The van der Waals surface area contributed by atoms with Crippen molar-refractivity contribution < 1.29 is 4.74 Å². The number of rotatable bonds is 5. The number of ether oxygens (including phenoxy) is 1. The van der Waals surface area contributed by atoms with E-state index in [-0.39, 0.29) is 0 Å². The highest BCUT2D eigenvalue weighted by molar-refractivity contribution is 5.47. The van der Waals surface area contributed by atoms with Crippen LogP contribution in [-0.4, -0.2) is 22.6 Å². The van der Waals surface area contributed by atoms with Crippen molar-refractivity contribution in [1.82, 2.24) is 9.97 Å². The van der Waals surface area contributed by atoms with E-state index >= 15 is 0 Å². The third-order valence-corrected chi connectivity index (χ3v) is 4.14. The summed E-state index contributed by atoms with van der Waals surface area (Å²) in [5, 5.41) is 3.32. The van der Waals surface area contributed by atoms with Crippen LogP contribution in [0.2, 0.25) is 0 Å². The summed E-state index contributed by atoms with van der Waals surface area (Å²) in [5.74, 6) is 1.64. The van der Waals surface area contributed by atoms with E-state index in [1.807, 2.05) is 6.92 Å². The molecule has 20 heavy (non-hydrogen) atoms. The molecule has 0 bridgehead atoms. The van der Waals surface area contributed by atoms with Gasteiger partial charge in [0.25, 0.3) is 0 Å². The molecule has 0 radical (unpaired) electrons. The summed E-state index contributed by atoms with van der Waals surface area (Å²) in [6.45, 7) is 9.78. The van der Waals surface area contributed by atoms with E-state index in [1.54, 1.807) is 6.33 Å². The lowest BCUT2D eigenvalue weighted by Gasteiger charge is -2.34. The summed E-state index contributed by atoms with van der Waals surface area (Å²) >= 11 is 0. The maximum atomic E-state index is 6.11. The number of nitrogens with zero attached hydrogens (tertiary/aromatic N) is 2. The lowest BCUT2D eigenvalue weighted by atomic mass is 9.76. The minimum absolute atomic E-state index is 0.302. The Hall–Kier alpha value is -1.32. The highest BCUT2D eigenvalue weighted by atomic mass is 16.5. The zero-order valence-electron chi connectivity index (χ0n) is 13.2. The Kier molecular flexibility index (Phi) is 4.84. The summed E-state index contributed by atoms with van der Waals surface area (Å²) in [6, 6.07) is 0. The van der Waals surface area contributed by atoms with Crippen LogP contribution in [0.5, 0.6) is 5.88 Å². The molecule has 1 aromatic rings. The van der Waals surface area contributed by atoms with Crippen molar-refractivity contribution in [2.24, 2.45) is 5.41 Å². The standard InChI is InChI=1S/C16H27N3O/c1-5-10-17-14-12(2)15(19-11-18-14)20-13-6-8-16(3,4)9-7-13/h11,13H,5-10H2,1-4H3,(H,17,18,19). The predicted molar refractivity (Wildman–Crippen MR) is 82.2 cm³/mol. The second-order valence-corrected chi connectivity index (χ2v) is 6.56. The average Bonchev–Trinajstić information content (AvgIpc) is 2.42. The summed E-state index contributed by atoms with van der Waals surface area (Å²) in [4.78, 5) is 8.59. The summed E-state index contributed by atoms with van der Waals surface area (Å²) < 4.78 is 6.11. The van der Waals surface area contributed by atoms with E-state index in [0.717, 1.165) is 43.1 Å². The summed E-state index contributed by atoms with van der Waals surface area (Å²) in [7, 11) is 0. The first kappa shape index (κ1) is 15.1. The fourth-order valence-corrected chi connectivity index (χ4v) is 2.62. The lowest BCUT2D eigenvalue weighted by Crippen LogP contribution is -2.28. The molecule has 1 N–H and O–H groups in total. The van der Waals surface area contributed by atoms with Gasteiger partial charge in [0.15, 0.2) is 0 Å². The minimum atomic E-state index is 0.302. The van der Waals surface area contributed by atoms with Gasteiger partial charge in [-0.2, -0.15) is 0 Å². The number of anilines is 1. The van der Waals surface area contributed by atoms with Crippen molar-refractivity contribution in [3.8, 4) is 5.88 Å². The van der Waals surface area contributed by atoms with E-state index in [9.17, 15) is 0 Å². The van der Waals surface area contributed by atoms with Gasteiger partial charge in [0, 0.05) is 6.54 Å². The molecular formula is C16H27N3O. The van der Waals surface area contributed by atoms with Crippen LogP contribution in [0, 0.1) is 12.3 Å². The zero-order valence-corrected chi connectivity index (χ0v) is 13.2. The van der Waals surface area contributed by atoms with E-state index < -0.39 is 0 Å². The SMILES string of the molecule is CCCNc1ncnc(OC2CCC(C)(C)CC2)c1C. The molecule has 0 aromatic carbocycles. The van der Waals surface area contributed by atoms with E-state index in [0.29, 0.717) is 11.5 Å². The Bertz CT molecular complexity index is 435. The Balaban J connectivity index is 1.99. The fraction of sp³-hybridized carbons (Fsp3) is 0.750.